The van der Waals surface area contributed by atoms with Crippen molar-refractivity contribution in [1.82, 2.24) is 9.97 Å². The molecule has 1 aliphatic rings. The van der Waals surface area contributed by atoms with E-state index in [1.165, 1.54) is 4.90 Å². The third kappa shape index (κ3) is 2.10. The van der Waals surface area contributed by atoms with E-state index in [2.05, 4.69) is 15.3 Å². The van der Waals surface area contributed by atoms with E-state index in [-0.39, 0.29) is 24.1 Å². The van der Waals surface area contributed by atoms with Crippen LogP contribution in [0.15, 0.2) is 30.6 Å². The maximum Gasteiger partial charge on any atom is 0.353 e. The van der Waals surface area contributed by atoms with Gasteiger partial charge < -0.3 is 16.0 Å². The number of fused-ring (bicyclic) bond motifs is 1. The Labute approximate surface area is 118 Å². The van der Waals surface area contributed by atoms with Gasteiger partial charge in [-0.05, 0) is 12.1 Å². The fourth-order valence-corrected chi connectivity index (χ4v) is 2.18. The molecule has 3 N–H and O–H groups in total. The SMILES string of the molecule is Nc1ncnc(N2CC(=O)Nc3ccccc32)c1[N+](=O)[O-]. The molecular weight excluding hydrogens is 276 g/mol. The van der Waals surface area contributed by atoms with E-state index < -0.39 is 10.6 Å². The van der Waals surface area contributed by atoms with Gasteiger partial charge in [0.1, 0.15) is 12.9 Å². The minimum absolute atomic E-state index is 0.00481. The summed E-state index contributed by atoms with van der Waals surface area (Å²) in [6, 6.07) is 6.96. The molecule has 1 aliphatic heterocycles. The number of hydrogen-bond donors (Lipinski definition) is 2. The van der Waals surface area contributed by atoms with Crippen molar-refractivity contribution in [2.24, 2.45) is 0 Å². The Morgan fingerprint density at radius 1 is 1.33 bits per heavy atom. The first-order valence-electron chi connectivity index (χ1n) is 5.99. The molecule has 0 fully saturated rings. The summed E-state index contributed by atoms with van der Waals surface area (Å²) >= 11 is 0. The zero-order chi connectivity index (χ0) is 15.0. The number of nitro groups is 1. The molecule has 1 amide bonds. The number of rotatable bonds is 2. The summed E-state index contributed by atoms with van der Waals surface area (Å²) in [6.45, 7) is -0.0890. The largest absolute Gasteiger partial charge is 0.378 e. The predicted molar refractivity (Wildman–Crippen MR) is 75.2 cm³/mol. The summed E-state index contributed by atoms with van der Waals surface area (Å²) < 4.78 is 0. The summed E-state index contributed by atoms with van der Waals surface area (Å²) in [5.74, 6) is -0.538. The van der Waals surface area contributed by atoms with Crippen molar-refractivity contribution in [3.63, 3.8) is 0 Å². The van der Waals surface area contributed by atoms with Crippen molar-refractivity contribution in [1.29, 1.82) is 0 Å². The molecule has 2 heterocycles. The first kappa shape index (κ1) is 12.8. The van der Waals surface area contributed by atoms with Crippen LogP contribution in [0.2, 0.25) is 0 Å². The van der Waals surface area contributed by atoms with Gasteiger partial charge in [-0.15, -0.1) is 0 Å². The Morgan fingerprint density at radius 2 is 2.10 bits per heavy atom. The first-order valence-corrected chi connectivity index (χ1v) is 5.99. The van der Waals surface area contributed by atoms with Crippen LogP contribution in [0.3, 0.4) is 0 Å². The number of nitrogens with one attached hydrogen (secondary N) is 1. The zero-order valence-electron chi connectivity index (χ0n) is 10.7. The van der Waals surface area contributed by atoms with Gasteiger partial charge in [-0.25, -0.2) is 9.97 Å². The number of hydrogen-bond acceptors (Lipinski definition) is 7. The number of nitrogens with two attached hydrogens (primary N) is 1. The molecule has 0 unspecified atom stereocenters. The maximum absolute atomic E-state index is 11.8. The summed E-state index contributed by atoms with van der Waals surface area (Å²) in [6.07, 6.45) is 1.13. The lowest BCUT2D eigenvalue weighted by Gasteiger charge is -2.29. The van der Waals surface area contributed by atoms with Crippen molar-refractivity contribution in [3.8, 4) is 0 Å². The molecule has 0 saturated carbocycles. The lowest BCUT2D eigenvalue weighted by molar-refractivity contribution is -0.383. The van der Waals surface area contributed by atoms with Crippen LogP contribution in [0.25, 0.3) is 0 Å². The molecule has 9 heteroatoms. The molecule has 0 radical (unpaired) electrons. The molecule has 0 aliphatic carbocycles. The van der Waals surface area contributed by atoms with Gasteiger partial charge >= 0.3 is 5.69 Å². The summed E-state index contributed by atoms with van der Waals surface area (Å²) in [4.78, 5) is 31.3. The van der Waals surface area contributed by atoms with E-state index >= 15 is 0 Å². The van der Waals surface area contributed by atoms with Crippen molar-refractivity contribution in [3.05, 3.63) is 40.7 Å². The van der Waals surface area contributed by atoms with E-state index in [9.17, 15) is 14.9 Å². The van der Waals surface area contributed by atoms with E-state index in [0.29, 0.717) is 11.4 Å². The fourth-order valence-electron chi connectivity index (χ4n) is 2.18. The normalized spacial score (nSPS) is 13.5. The molecule has 1 aromatic carbocycles. The standard InChI is InChI=1S/C12H10N6O3/c13-11-10(18(20)21)12(15-6-14-11)17-5-9(19)16-7-3-1-2-4-8(7)17/h1-4,6H,5H2,(H,16,19)(H2,13,14,15). The molecule has 0 atom stereocenters. The molecular formula is C12H10N6O3. The van der Waals surface area contributed by atoms with Crippen molar-refractivity contribution >= 4 is 34.6 Å². The van der Waals surface area contributed by atoms with Crippen LogP contribution in [-0.2, 0) is 4.79 Å². The maximum atomic E-state index is 11.8. The number of para-hydroxylation sites is 2. The average molecular weight is 286 g/mol. The second-order valence-corrected chi connectivity index (χ2v) is 4.34. The van der Waals surface area contributed by atoms with Crippen LogP contribution < -0.4 is 16.0 Å². The molecule has 3 rings (SSSR count). The van der Waals surface area contributed by atoms with Gasteiger partial charge in [0.2, 0.25) is 17.5 Å². The summed E-state index contributed by atoms with van der Waals surface area (Å²) in [7, 11) is 0. The van der Waals surface area contributed by atoms with E-state index in [1.807, 2.05) is 0 Å². The monoisotopic (exact) mass is 286 g/mol. The minimum atomic E-state index is -0.653. The minimum Gasteiger partial charge on any atom is -0.378 e. The van der Waals surface area contributed by atoms with Gasteiger partial charge in [0.25, 0.3) is 0 Å². The molecule has 2 aromatic rings. The number of nitrogen functional groups attached to an aromatic ring is 1. The summed E-state index contributed by atoms with van der Waals surface area (Å²) in [5.41, 5.74) is 6.31. The van der Waals surface area contributed by atoms with Crippen LogP contribution in [-0.4, -0.2) is 27.3 Å². The third-order valence-electron chi connectivity index (χ3n) is 3.04. The van der Waals surface area contributed by atoms with Crippen molar-refractivity contribution in [2.75, 3.05) is 22.5 Å². The number of nitrogens with zero attached hydrogens (tertiary/aromatic N) is 4. The smallest absolute Gasteiger partial charge is 0.353 e. The van der Waals surface area contributed by atoms with Crippen LogP contribution >= 0.6 is 0 Å². The quantitative estimate of drug-likeness (QED) is 0.624. The third-order valence-corrected chi connectivity index (χ3v) is 3.04. The highest BCUT2D eigenvalue weighted by atomic mass is 16.6. The van der Waals surface area contributed by atoms with Crippen molar-refractivity contribution in [2.45, 2.75) is 0 Å². The van der Waals surface area contributed by atoms with Gasteiger partial charge in [0.15, 0.2) is 0 Å². The molecule has 0 saturated heterocycles. The highest BCUT2D eigenvalue weighted by molar-refractivity contribution is 6.03. The summed E-state index contributed by atoms with van der Waals surface area (Å²) in [5, 5.41) is 13.9. The number of amides is 1. The number of anilines is 4. The molecule has 21 heavy (non-hydrogen) atoms. The molecule has 0 spiro atoms. The van der Waals surface area contributed by atoms with Crippen LogP contribution in [0.1, 0.15) is 0 Å². The Morgan fingerprint density at radius 3 is 2.86 bits per heavy atom. The number of carbonyl (C=O) groups is 1. The highest BCUT2D eigenvalue weighted by Crippen LogP contribution is 2.39. The zero-order valence-corrected chi connectivity index (χ0v) is 10.7. The van der Waals surface area contributed by atoms with Gasteiger partial charge in [0.05, 0.1) is 16.3 Å². The lowest BCUT2D eigenvalue weighted by Crippen LogP contribution is -2.35. The number of benzene rings is 1. The Kier molecular flexibility index (Phi) is 2.87. The van der Waals surface area contributed by atoms with Crippen molar-refractivity contribution < 1.29 is 9.72 Å². The van der Waals surface area contributed by atoms with Gasteiger partial charge in [-0.3, -0.25) is 14.9 Å². The number of carbonyl (C=O) groups excluding carboxylic acids is 1. The fraction of sp³-hybridized carbons (Fsp3) is 0.0833. The van der Waals surface area contributed by atoms with Gasteiger partial charge in [-0.2, -0.15) is 0 Å². The molecule has 1 aromatic heterocycles. The Bertz CT molecular complexity index is 748. The Hall–Kier alpha value is -3.23. The van der Waals surface area contributed by atoms with Crippen LogP contribution in [0, 0.1) is 10.1 Å². The van der Waals surface area contributed by atoms with E-state index in [0.717, 1.165) is 6.33 Å². The van der Waals surface area contributed by atoms with Crippen LogP contribution in [0.4, 0.5) is 28.7 Å². The average Bonchev–Trinajstić information content (AvgIpc) is 2.45. The van der Waals surface area contributed by atoms with E-state index in [1.54, 1.807) is 24.3 Å². The van der Waals surface area contributed by atoms with E-state index in [4.69, 9.17) is 5.73 Å². The topological polar surface area (TPSA) is 127 Å². The van der Waals surface area contributed by atoms with Crippen LogP contribution in [0.5, 0.6) is 0 Å². The lowest BCUT2D eigenvalue weighted by atomic mass is 10.2. The first-order chi connectivity index (χ1) is 10.1. The van der Waals surface area contributed by atoms with Gasteiger partial charge in [0, 0.05) is 0 Å². The number of aromatic nitrogens is 2. The van der Waals surface area contributed by atoms with Gasteiger partial charge in [-0.1, -0.05) is 12.1 Å². The second kappa shape index (κ2) is 4.71. The predicted octanol–water partition coefficient (Wildman–Crippen LogP) is 1.06. The molecule has 0 bridgehead atoms. The second-order valence-electron chi connectivity index (χ2n) is 4.34. The Balaban J connectivity index is 2.20. The highest BCUT2D eigenvalue weighted by Gasteiger charge is 2.31. The molecule has 9 nitrogen and oxygen atoms in total. The molecule has 106 valence electrons.